The average Bonchev–Trinajstić information content (AvgIpc) is 3.30. The molecule has 0 bridgehead atoms. The summed E-state index contributed by atoms with van der Waals surface area (Å²) in [6, 6.07) is 7.63. The van der Waals surface area contributed by atoms with E-state index >= 15 is 0 Å². The lowest BCUT2D eigenvalue weighted by Gasteiger charge is -2.40. The molecule has 2 heterocycles. The van der Waals surface area contributed by atoms with E-state index < -0.39 is 0 Å². The quantitative estimate of drug-likeness (QED) is 0.868. The SMILES string of the molecule is CCN(Cc1ccccn1)C1(CN)CC(C)N(C2CC2)C1. The van der Waals surface area contributed by atoms with Gasteiger partial charge in [0.15, 0.2) is 0 Å². The monoisotopic (exact) mass is 288 g/mol. The van der Waals surface area contributed by atoms with Crippen LogP contribution in [0.1, 0.15) is 38.8 Å². The molecular weight excluding hydrogens is 260 g/mol. The van der Waals surface area contributed by atoms with Crippen molar-refractivity contribution in [2.75, 3.05) is 19.6 Å². The number of nitrogens with zero attached hydrogens (tertiary/aromatic N) is 3. The zero-order valence-corrected chi connectivity index (χ0v) is 13.3. The first-order valence-corrected chi connectivity index (χ1v) is 8.29. The fourth-order valence-corrected chi connectivity index (χ4v) is 3.93. The van der Waals surface area contributed by atoms with Gasteiger partial charge in [-0.05, 0) is 44.9 Å². The molecule has 1 aromatic rings. The molecule has 0 amide bonds. The van der Waals surface area contributed by atoms with Crippen LogP contribution in [0, 0.1) is 0 Å². The number of aromatic nitrogens is 1. The molecule has 1 saturated heterocycles. The summed E-state index contributed by atoms with van der Waals surface area (Å²) in [7, 11) is 0. The number of hydrogen-bond donors (Lipinski definition) is 1. The molecule has 2 atom stereocenters. The molecule has 2 aliphatic rings. The van der Waals surface area contributed by atoms with Crippen LogP contribution in [0.2, 0.25) is 0 Å². The van der Waals surface area contributed by atoms with Gasteiger partial charge in [-0.25, -0.2) is 0 Å². The summed E-state index contributed by atoms with van der Waals surface area (Å²) in [6.45, 7) is 8.39. The highest BCUT2D eigenvalue weighted by Crippen LogP contribution is 2.39. The summed E-state index contributed by atoms with van der Waals surface area (Å²) in [6.07, 6.45) is 5.81. The van der Waals surface area contributed by atoms with Gasteiger partial charge in [0.25, 0.3) is 0 Å². The first-order chi connectivity index (χ1) is 10.2. The predicted octanol–water partition coefficient (Wildman–Crippen LogP) is 1.86. The standard InChI is InChI=1S/C17H28N4/c1-3-20(11-15-6-4-5-9-19-15)17(12-18)10-14(2)21(13-17)16-7-8-16/h4-6,9,14,16H,3,7-8,10-13,18H2,1-2H3. The maximum absolute atomic E-state index is 6.26. The molecule has 1 saturated carbocycles. The van der Waals surface area contributed by atoms with Gasteiger partial charge in [-0.15, -0.1) is 0 Å². The van der Waals surface area contributed by atoms with Gasteiger partial charge < -0.3 is 5.73 Å². The maximum atomic E-state index is 6.26. The Balaban J connectivity index is 1.76. The molecule has 2 unspecified atom stereocenters. The Morgan fingerprint density at radius 3 is 2.81 bits per heavy atom. The van der Waals surface area contributed by atoms with Crippen LogP contribution in [-0.2, 0) is 6.54 Å². The molecule has 0 radical (unpaired) electrons. The van der Waals surface area contributed by atoms with Crippen molar-refractivity contribution in [3.8, 4) is 0 Å². The molecule has 2 N–H and O–H groups in total. The van der Waals surface area contributed by atoms with E-state index in [1.807, 2.05) is 12.3 Å². The molecule has 0 aromatic carbocycles. The van der Waals surface area contributed by atoms with E-state index in [9.17, 15) is 0 Å². The molecule has 2 fully saturated rings. The number of hydrogen-bond acceptors (Lipinski definition) is 4. The van der Waals surface area contributed by atoms with Gasteiger partial charge in [0.05, 0.1) is 5.69 Å². The Hall–Kier alpha value is -0.970. The van der Waals surface area contributed by atoms with Crippen molar-refractivity contribution < 1.29 is 0 Å². The van der Waals surface area contributed by atoms with Crippen molar-refractivity contribution in [1.82, 2.24) is 14.8 Å². The van der Waals surface area contributed by atoms with Crippen molar-refractivity contribution in [3.05, 3.63) is 30.1 Å². The topological polar surface area (TPSA) is 45.4 Å². The minimum absolute atomic E-state index is 0.119. The third kappa shape index (κ3) is 2.98. The van der Waals surface area contributed by atoms with Gasteiger partial charge in [-0.2, -0.15) is 0 Å². The molecule has 116 valence electrons. The highest BCUT2D eigenvalue weighted by atomic mass is 15.3. The highest BCUT2D eigenvalue weighted by molar-refractivity contribution is 5.10. The smallest absolute Gasteiger partial charge is 0.0544 e. The fourth-order valence-electron chi connectivity index (χ4n) is 3.93. The minimum atomic E-state index is 0.119. The van der Waals surface area contributed by atoms with Crippen LogP contribution in [-0.4, -0.2) is 52.0 Å². The van der Waals surface area contributed by atoms with Gasteiger partial charge in [-0.3, -0.25) is 14.8 Å². The Kier molecular flexibility index (Phi) is 4.29. The van der Waals surface area contributed by atoms with E-state index in [0.29, 0.717) is 6.04 Å². The molecule has 4 heteroatoms. The molecule has 0 spiro atoms. The second-order valence-corrected chi connectivity index (χ2v) is 6.72. The van der Waals surface area contributed by atoms with E-state index in [4.69, 9.17) is 5.73 Å². The van der Waals surface area contributed by atoms with Crippen LogP contribution in [0.4, 0.5) is 0 Å². The molecule has 1 aliphatic carbocycles. The van der Waals surface area contributed by atoms with Crippen molar-refractivity contribution in [3.63, 3.8) is 0 Å². The molecule has 1 aromatic heterocycles. The number of nitrogens with two attached hydrogens (primary N) is 1. The largest absolute Gasteiger partial charge is 0.329 e. The average molecular weight is 288 g/mol. The highest BCUT2D eigenvalue weighted by Gasteiger charge is 2.48. The Morgan fingerprint density at radius 1 is 1.43 bits per heavy atom. The zero-order valence-electron chi connectivity index (χ0n) is 13.3. The van der Waals surface area contributed by atoms with Crippen LogP contribution in [0.15, 0.2) is 24.4 Å². The van der Waals surface area contributed by atoms with Crippen LogP contribution in [0.3, 0.4) is 0 Å². The Morgan fingerprint density at radius 2 is 2.24 bits per heavy atom. The summed E-state index contributed by atoms with van der Waals surface area (Å²) in [4.78, 5) is 9.73. The summed E-state index contributed by atoms with van der Waals surface area (Å²) >= 11 is 0. The van der Waals surface area contributed by atoms with Crippen LogP contribution in [0.25, 0.3) is 0 Å². The second kappa shape index (κ2) is 6.03. The van der Waals surface area contributed by atoms with E-state index in [1.54, 1.807) is 0 Å². The van der Waals surface area contributed by atoms with Gasteiger partial charge in [0.1, 0.15) is 0 Å². The Labute approximate surface area is 128 Å². The van der Waals surface area contributed by atoms with Gasteiger partial charge in [-0.1, -0.05) is 13.0 Å². The third-order valence-corrected chi connectivity index (χ3v) is 5.25. The molecule has 21 heavy (non-hydrogen) atoms. The first kappa shape index (κ1) is 14.9. The summed E-state index contributed by atoms with van der Waals surface area (Å²) in [5.74, 6) is 0. The van der Waals surface area contributed by atoms with E-state index in [-0.39, 0.29) is 5.54 Å². The van der Waals surface area contributed by atoms with E-state index in [2.05, 4.69) is 40.8 Å². The molecule has 1 aliphatic heterocycles. The van der Waals surface area contributed by atoms with Gasteiger partial charge in [0.2, 0.25) is 0 Å². The van der Waals surface area contributed by atoms with Crippen molar-refractivity contribution in [2.24, 2.45) is 5.73 Å². The molecule has 3 rings (SSSR count). The fraction of sp³-hybridized carbons (Fsp3) is 0.706. The first-order valence-electron chi connectivity index (χ1n) is 8.29. The number of rotatable bonds is 6. The normalized spacial score (nSPS) is 30.2. The summed E-state index contributed by atoms with van der Waals surface area (Å²) in [5, 5.41) is 0. The van der Waals surface area contributed by atoms with Crippen molar-refractivity contribution in [1.29, 1.82) is 0 Å². The predicted molar refractivity (Wildman–Crippen MR) is 85.9 cm³/mol. The Bertz CT molecular complexity index is 459. The van der Waals surface area contributed by atoms with E-state index in [0.717, 1.165) is 37.9 Å². The van der Waals surface area contributed by atoms with Crippen LogP contribution < -0.4 is 5.73 Å². The second-order valence-electron chi connectivity index (χ2n) is 6.72. The summed E-state index contributed by atoms with van der Waals surface area (Å²) < 4.78 is 0. The lowest BCUT2D eigenvalue weighted by Crippen LogP contribution is -2.55. The van der Waals surface area contributed by atoms with E-state index in [1.165, 1.54) is 19.3 Å². The lowest BCUT2D eigenvalue weighted by atomic mass is 9.93. The molecule has 4 nitrogen and oxygen atoms in total. The third-order valence-electron chi connectivity index (χ3n) is 5.25. The van der Waals surface area contributed by atoms with Crippen LogP contribution in [0.5, 0.6) is 0 Å². The van der Waals surface area contributed by atoms with Gasteiger partial charge >= 0.3 is 0 Å². The molecular formula is C17H28N4. The van der Waals surface area contributed by atoms with Crippen molar-refractivity contribution in [2.45, 2.75) is 57.3 Å². The zero-order chi connectivity index (χ0) is 14.9. The minimum Gasteiger partial charge on any atom is -0.329 e. The van der Waals surface area contributed by atoms with Gasteiger partial charge in [0, 0.05) is 43.5 Å². The van der Waals surface area contributed by atoms with Crippen molar-refractivity contribution >= 4 is 0 Å². The number of pyridine rings is 1. The number of likely N-dealkylation sites (N-methyl/N-ethyl adjacent to an activating group) is 1. The number of likely N-dealkylation sites (tertiary alicyclic amines) is 1. The maximum Gasteiger partial charge on any atom is 0.0544 e. The lowest BCUT2D eigenvalue weighted by molar-refractivity contribution is 0.0941. The summed E-state index contributed by atoms with van der Waals surface area (Å²) in [5.41, 5.74) is 7.52. The van der Waals surface area contributed by atoms with Crippen LogP contribution >= 0.6 is 0 Å².